The fourth-order valence-corrected chi connectivity index (χ4v) is 6.22. The quantitative estimate of drug-likeness (QED) is 0.351. The zero-order chi connectivity index (χ0) is 29.0. The average Bonchev–Trinajstić information content (AvgIpc) is 3.27. The molecule has 210 valence electrons. The summed E-state index contributed by atoms with van der Waals surface area (Å²) < 4.78 is 83.2. The number of carboxylic acid groups (broad SMARTS) is 1. The lowest BCUT2D eigenvalue weighted by Gasteiger charge is -2.44. The van der Waals surface area contributed by atoms with Crippen LogP contribution in [0.15, 0.2) is 60.7 Å². The van der Waals surface area contributed by atoms with Crippen molar-refractivity contribution in [2.75, 3.05) is 6.54 Å². The predicted molar refractivity (Wildman–Crippen MR) is 134 cm³/mol. The van der Waals surface area contributed by atoms with Gasteiger partial charge in [-0.1, -0.05) is 30.3 Å². The van der Waals surface area contributed by atoms with Crippen LogP contribution in [0.5, 0.6) is 0 Å². The molecule has 0 bridgehead atoms. The lowest BCUT2D eigenvalue weighted by Crippen LogP contribution is -2.49. The van der Waals surface area contributed by atoms with E-state index in [0.29, 0.717) is 37.3 Å². The topological polar surface area (TPSA) is 57.6 Å². The molecule has 1 heterocycles. The summed E-state index contributed by atoms with van der Waals surface area (Å²) in [6.07, 6.45) is -3.72. The lowest BCUT2D eigenvalue weighted by molar-refractivity contribution is -0.228. The summed E-state index contributed by atoms with van der Waals surface area (Å²) in [5.41, 5.74) is -3.43. The first-order valence-electron chi connectivity index (χ1n) is 12.7. The van der Waals surface area contributed by atoms with Crippen molar-refractivity contribution in [1.29, 1.82) is 0 Å². The second kappa shape index (κ2) is 9.67. The molecule has 1 N–H and O–H groups in total. The van der Waals surface area contributed by atoms with E-state index in [1.165, 1.54) is 30.3 Å². The third-order valence-corrected chi connectivity index (χ3v) is 8.36. The molecular formula is C30H25F6NO3. The van der Waals surface area contributed by atoms with Gasteiger partial charge in [0.2, 0.25) is 5.67 Å². The Kier molecular flexibility index (Phi) is 6.71. The molecule has 4 nitrogen and oxygen atoms in total. The number of carboxylic acids is 1. The van der Waals surface area contributed by atoms with Crippen LogP contribution in [0.25, 0.3) is 0 Å². The van der Waals surface area contributed by atoms with E-state index in [2.05, 4.69) is 0 Å². The molecule has 1 amide bonds. The molecule has 0 spiro atoms. The molecule has 0 aromatic heterocycles. The van der Waals surface area contributed by atoms with Gasteiger partial charge in [-0.3, -0.25) is 4.79 Å². The SMILES string of the molecule is CC(F)(c1ccc2c(c1)CC[C@H]1N(C(=O)c3ccc(C(=O)O)c(F)c3)CC[C@@]21Cc1ccc(F)cc1)C(F)(F)F. The Bertz CT molecular complexity index is 1480. The van der Waals surface area contributed by atoms with Gasteiger partial charge >= 0.3 is 12.1 Å². The Labute approximate surface area is 226 Å². The summed E-state index contributed by atoms with van der Waals surface area (Å²) in [7, 11) is 0. The van der Waals surface area contributed by atoms with Crippen molar-refractivity contribution in [2.24, 2.45) is 0 Å². The van der Waals surface area contributed by atoms with Crippen LogP contribution in [0.1, 0.15) is 62.7 Å². The van der Waals surface area contributed by atoms with E-state index < -0.39 is 57.9 Å². The molecule has 2 aliphatic rings. The first-order chi connectivity index (χ1) is 18.7. The summed E-state index contributed by atoms with van der Waals surface area (Å²) >= 11 is 0. The van der Waals surface area contributed by atoms with Crippen LogP contribution < -0.4 is 0 Å². The van der Waals surface area contributed by atoms with E-state index in [0.717, 1.165) is 23.8 Å². The van der Waals surface area contributed by atoms with Crippen molar-refractivity contribution in [3.05, 3.63) is 106 Å². The van der Waals surface area contributed by atoms with Crippen LogP contribution in [0.2, 0.25) is 0 Å². The molecule has 40 heavy (non-hydrogen) atoms. The molecule has 1 fully saturated rings. The normalized spacial score (nSPS) is 21.9. The highest BCUT2D eigenvalue weighted by molar-refractivity contribution is 5.96. The first kappa shape index (κ1) is 27.7. The fraction of sp³-hybridized carbons (Fsp3) is 0.333. The van der Waals surface area contributed by atoms with E-state index >= 15 is 0 Å². The minimum Gasteiger partial charge on any atom is -0.478 e. The summed E-state index contributed by atoms with van der Waals surface area (Å²) in [5, 5.41) is 9.11. The second-order valence-corrected chi connectivity index (χ2v) is 10.6. The number of aromatic carboxylic acids is 1. The molecule has 5 rings (SSSR count). The van der Waals surface area contributed by atoms with Gasteiger partial charge in [-0.25, -0.2) is 18.0 Å². The highest BCUT2D eigenvalue weighted by Crippen LogP contribution is 2.51. The number of carbonyl (C=O) groups is 2. The zero-order valence-electron chi connectivity index (χ0n) is 21.4. The van der Waals surface area contributed by atoms with Crippen LogP contribution in [0.4, 0.5) is 26.3 Å². The average molecular weight is 562 g/mol. The van der Waals surface area contributed by atoms with E-state index in [-0.39, 0.29) is 18.5 Å². The molecule has 0 radical (unpaired) electrons. The molecule has 10 heteroatoms. The Morgan fingerprint density at radius 2 is 1.70 bits per heavy atom. The van der Waals surface area contributed by atoms with Crippen LogP contribution in [-0.4, -0.2) is 40.6 Å². The summed E-state index contributed by atoms with van der Waals surface area (Å²) in [4.78, 5) is 26.4. The fourth-order valence-electron chi connectivity index (χ4n) is 6.22. The molecule has 0 saturated carbocycles. The first-order valence-corrected chi connectivity index (χ1v) is 12.7. The highest BCUT2D eigenvalue weighted by Gasteiger charge is 2.55. The minimum atomic E-state index is -5.10. The molecule has 3 aromatic rings. The standard InChI is InChI=1S/C30H25F6NO3/c1-28(33,30(34,35)36)20-6-10-23-18(14-20)5-11-25-29(23,16-17-2-7-21(31)8-3-17)12-13-37(25)26(38)19-4-9-22(27(39)40)24(32)15-19/h2-4,6-10,14-15,25H,5,11-13,16H2,1H3,(H,39,40)/t25-,28?,29-/m1/s1. The number of amides is 1. The van der Waals surface area contributed by atoms with Gasteiger partial charge in [0, 0.05) is 23.6 Å². The van der Waals surface area contributed by atoms with Gasteiger partial charge in [0.1, 0.15) is 11.6 Å². The van der Waals surface area contributed by atoms with Gasteiger partial charge in [0.15, 0.2) is 0 Å². The van der Waals surface area contributed by atoms with Crippen LogP contribution in [0, 0.1) is 11.6 Å². The van der Waals surface area contributed by atoms with Crippen LogP contribution >= 0.6 is 0 Å². The number of fused-ring (bicyclic) bond motifs is 3. The van der Waals surface area contributed by atoms with Crippen LogP contribution in [0.3, 0.4) is 0 Å². The van der Waals surface area contributed by atoms with Gasteiger partial charge in [0.25, 0.3) is 5.91 Å². The molecule has 1 aliphatic heterocycles. The number of likely N-dealkylation sites (tertiary alicyclic amines) is 1. The maximum Gasteiger partial charge on any atom is 0.426 e. The Morgan fingerprint density at radius 3 is 2.33 bits per heavy atom. The maximum absolute atomic E-state index is 14.8. The smallest absolute Gasteiger partial charge is 0.426 e. The van der Waals surface area contributed by atoms with Crippen molar-refractivity contribution >= 4 is 11.9 Å². The van der Waals surface area contributed by atoms with Crippen molar-refractivity contribution < 1.29 is 41.0 Å². The van der Waals surface area contributed by atoms with Gasteiger partial charge in [0.05, 0.1) is 5.56 Å². The summed E-state index contributed by atoms with van der Waals surface area (Å²) in [6, 6.07) is 12.4. The maximum atomic E-state index is 14.8. The highest BCUT2D eigenvalue weighted by atomic mass is 19.4. The van der Waals surface area contributed by atoms with Crippen LogP contribution in [-0.2, 0) is 23.9 Å². The number of aryl methyl sites for hydroxylation is 1. The molecule has 3 aromatic carbocycles. The van der Waals surface area contributed by atoms with Gasteiger partial charge in [-0.05, 0) is 85.2 Å². The third-order valence-electron chi connectivity index (χ3n) is 8.36. The second-order valence-electron chi connectivity index (χ2n) is 10.6. The number of halogens is 6. The number of hydrogen-bond donors (Lipinski definition) is 1. The largest absolute Gasteiger partial charge is 0.478 e. The molecular weight excluding hydrogens is 536 g/mol. The van der Waals surface area contributed by atoms with Gasteiger partial charge in [-0.2, -0.15) is 13.2 Å². The summed E-state index contributed by atoms with van der Waals surface area (Å²) in [6.45, 7) is 0.733. The number of carbonyl (C=O) groups excluding carboxylic acids is 1. The Morgan fingerprint density at radius 1 is 1.00 bits per heavy atom. The molecule has 1 aliphatic carbocycles. The summed E-state index contributed by atoms with van der Waals surface area (Å²) in [5.74, 6) is -3.45. The van der Waals surface area contributed by atoms with Crippen molar-refractivity contribution in [2.45, 2.75) is 55.9 Å². The van der Waals surface area contributed by atoms with E-state index in [4.69, 9.17) is 5.11 Å². The number of rotatable bonds is 5. The Hall–Kier alpha value is -3.82. The lowest BCUT2D eigenvalue weighted by atomic mass is 9.63. The van der Waals surface area contributed by atoms with Gasteiger partial charge in [-0.15, -0.1) is 0 Å². The predicted octanol–water partition coefficient (Wildman–Crippen LogP) is 6.75. The van der Waals surface area contributed by atoms with Crippen molar-refractivity contribution in [3.63, 3.8) is 0 Å². The molecule has 1 unspecified atom stereocenters. The third kappa shape index (κ3) is 4.53. The molecule has 3 atom stereocenters. The van der Waals surface area contributed by atoms with E-state index in [9.17, 15) is 35.9 Å². The monoisotopic (exact) mass is 561 g/mol. The van der Waals surface area contributed by atoms with E-state index in [1.807, 2.05) is 0 Å². The number of hydrogen-bond acceptors (Lipinski definition) is 2. The zero-order valence-corrected chi connectivity index (χ0v) is 21.4. The van der Waals surface area contributed by atoms with Gasteiger partial charge < -0.3 is 10.0 Å². The number of alkyl halides is 4. The number of nitrogens with zero attached hydrogens (tertiary/aromatic N) is 1. The number of benzene rings is 3. The minimum absolute atomic E-state index is 0.0281. The van der Waals surface area contributed by atoms with E-state index in [1.54, 1.807) is 17.0 Å². The van der Waals surface area contributed by atoms with Crippen molar-refractivity contribution in [1.82, 2.24) is 4.90 Å². The molecule has 1 saturated heterocycles. The Balaban J connectivity index is 1.57. The van der Waals surface area contributed by atoms with Crippen molar-refractivity contribution in [3.8, 4) is 0 Å².